The molecule has 0 N–H and O–H groups in total. The van der Waals surface area contributed by atoms with Gasteiger partial charge in [0.05, 0.1) is 21.4 Å². The van der Waals surface area contributed by atoms with E-state index in [9.17, 15) is 9.18 Å². The van der Waals surface area contributed by atoms with Gasteiger partial charge in [0, 0.05) is 50.4 Å². The monoisotopic (exact) mass is 629 g/mol. The first-order valence-electron chi connectivity index (χ1n) is 12.1. The van der Waals surface area contributed by atoms with Gasteiger partial charge in [0.15, 0.2) is 5.79 Å². The number of anilines is 1. The Morgan fingerprint density at radius 2 is 1.63 bits per heavy atom. The second-order valence-corrected chi connectivity index (χ2v) is 9.85. The van der Waals surface area contributed by atoms with Crippen molar-refractivity contribution in [2.24, 2.45) is 5.92 Å². The first-order chi connectivity index (χ1) is 17.4. The van der Waals surface area contributed by atoms with E-state index in [1.54, 1.807) is 12.1 Å². The molecule has 9 heteroatoms. The molecule has 1 unspecified atom stereocenters. The molecule has 5 rings (SSSR count). The fraction of sp³-hybridized carbons (Fsp3) is 0.310. The van der Waals surface area contributed by atoms with Crippen LogP contribution in [0, 0.1) is 24.6 Å². The summed E-state index contributed by atoms with van der Waals surface area (Å²) in [6, 6.07) is 22.0. The van der Waals surface area contributed by atoms with Gasteiger partial charge in [-0.1, -0.05) is 55.2 Å². The minimum absolute atomic E-state index is 0. The summed E-state index contributed by atoms with van der Waals surface area (Å²) >= 11 is 0. The molecule has 3 aromatic rings. The van der Waals surface area contributed by atoms with Gasteiger partial charge in [-0.3, -0.25) is 10.7 Å². The number of aryl methyl sites for hydroxylation is 1. The fourth-order valence-electron chi connectivity index (χ4n) is 5.02. The molecule has 0 aromatic heterocycles. The number of halogens is 1. The quantitative estimate of drug-likeness (QED) is 0.173. The zero-order valence-corrected chi connectivity index (χ0v) is 26.5. The van der Waals surface area contributed by atoms with Crippen LogP contribution >= 0.6 is 23.0 Å². The maximum Gasteiger partial charge on any atom is 0.233 e. The van der Waals surface area contributed by atoms with Crippen molar-refractivity contribution in [3.8, 4) is 5.75 Å². The van der Waals surface area contributed by atoms with Crippen molar-refractivity contribution in [2.75, 3.05) is 18.1 Å². The van der Waals surface area contributed by atoms with E-state index in [0.717, 1.165) is 34.0 Å². The Morgan fingerprint density at radius 3 is 2.21 bits per heavy atom. The van der Waals surface area contributed by atoms with Gasteiger partial charge in [-0.15, -0.1) is 0 Å². The Balaban J connectivity index is 0.00000200. The van der Waals surface area contributed by atoms with E-state index in [2.05, 4.69) is 9.47 Å². The smallest absolute Gasteiger partial charge is 0.233 e. The van der Waals surface area contributed by atoms with Gasteiger partial charge in [0.2, 0.25) is 5.91 Å². The normalized spacial score (nSPS) is 20.6. The topological polar surface area (TPSA) is 48.0 Å². The molecule has 3 aromatic carbocycles. The van der Waals surface area contributed by atoms with Crippen molar-refractivity contribution in [3.05, 3.63) is 101 Å². The minimum atomic E-state index is -1.01. The molecule has 1 amide bonds. The zero-order valence-electron chi connectivity index (χ0n) is 21.5. The molecule has 5 nitrogen and oxygen atoms in total. The third kappa shape index (κ3) is 6.35. The van der Waals surface area contributed by atoms with Crippen LogP contribution < -0.4 is 9.42 Å². The van der Waals surface area contributed by atoms with Crippen molar-refractivity contribution in [2.45, 2.75) is 38.5 Å². The van der Waals surface area contributed by atoms with E-state index in [1.807, 2.05) is 67.3 Å². The largest absolute Gasteiger partial charge is 0.480 e. The van der Waals surface area contributed by atoms with E-state index in [0.29, 0.717) is 26.1 Å². The molecule has 199 valence electrons. The second kappa shape index (κ2) is 13.3. The van der Waals surface area contributed by atoms with Crippen molar-refractivity contribution in [1.29, 1.82) is 0 Å². The average molecular weight is 630 g/mol. The molecular formula is C29H32FNO4PSY-. The number of rotatable bonds is 7. The van der Waals surface area contributed by atoms with Gasteiger partial charge >= 0.3 is 0 Å². The van der Waals surface area contributed by atoms with Crippen molar-refractivity contribution in [3.63, 3.8) is 0 Å². The van der Waals surface area contributed by atoms with Crippen LogP contribution in [0.1, 0.15) is 42.5 Å². The van der Waals surface area contributed by atoms with Gasteiger partial charge in [-0.25, -0.2) is 4.39 Å². The maximum absolute atomic E-state index is 13.6. The molecular weight excluding hydrogens is 597 g/mol. The number of ether oxygens (including phenoxy) is 2. The first-order valence-corrected chi connectivity index (χ1v) is 12.6. The van der Waals surface area contributed by atoms with Crippen LogP contribution in [0.2, 0.25) is 0 Å². The van der Waals surface area contributed by atoms with E-state index in [4.69, 9.17) is 14.0 Å². The number of benzene rings is 3. The van der Waals surface area contributed by atoms with Crippen LogP contribution in [0.25, 0.3) is 0 Å². The summed E-state index contributed by atoms with van der Waals surface area (Å²) in [6.07, 6.45) is 1.04. The number of hydrogen-bond acceptors (Lipinski definition) is 4. The minimum Gasteiger partial charge on any atom is -0.480 e. The summed E-state index contributed by atoms with van der Waals surface area (Å²) in [5.41, 5.74) is 3.82. The molecule has 2 fully saturated rings. The molecule has 3 atom stereocenters. The Morgan fingerprint density at radius 1 is 1.03 bits per heavy atom. The third-order valence-corrected chi connectivity index (χ3v) is 7.33. The summed E-state index contributed by atoms with van der Waals surface area (Å²) in [7, 11) is 2.25. The van der Waals surface area contributed by atoms with Crippen LogP contribution in [0.3, 0.4) is 0 Å². The predicted molar refractivity (Wildman–Crippen MR) is 150 cm³/mol. The Bertz CT molecular complexity index is 1200. The number of hydrogen-bond donors (Lipinski definition) is 0. The number of β-lactam (4-membered cyclic amide) rings is 1. The molecule has 2 aliphatic rings. The molecule has 0 spiro atoms. The van der Waals surface area contributed by atoms with Gasteiger partial charge < -0.3 is 18.9 Å². The summed E-state index contributed by atoms with van der Waals surface area (Å²) in [4.78, 5) is 15.4. The van der Waals surface area contributed by atoms with Crippen LogP contribution in [0.15, 0.2) is 72.8 Å². The number of carbonyl (C=O) groups is 1. The molecule has 2 heterocycles. The summed E-state index contributed by atoms with van der Waals surface area (Å²) in [6.45, 7) is 4.94. The fourth-order valence-corrected chi connectivity index (χ4v) is 5.17. The maximum atomic E-state index is 13.6. The standard InChI is InChI=1S/C29H30FNO4P.H2S.Y/c1-19-3-11-24(12-4-19)31-27(21-5-13-25(35-36)14-6-21)26(28(31)32)15-16-29(33-17-20(2)18-34-29)22-7-9-23(30)10-8-22;;/h3-14,26-27H,15-18,36H2,1-2H3;1H2;/q-1;;/t26-,27-;;/m1../s1. The van der Waals surface area contributed by atoms with Gasteiger partial charge in [-0.2, -0.15) is 20.4 Å². The summed E-state index contributed by atoms with van der Waals surface area (Å²) < 4.78 is 31.4. The van der Waals surface area contributed by atoms with Gasteiger partial charge in [0.25, 0.3) is 0 Å². The van der Waals surface area contributed by atoms with Crippen molar-refractivity contribution >= 4 is 34.6 Å². The molecule has 2 saturated heterocycles. The summed E-state index contributed by atoms with van der Waals surface area (Å²) in [5.74, 6) is 0.326. The van der Waals surface area contributed by atoms with Crippen molar-refractivity contribution < 1.29 is 55.9 Å². The van der Waals surface area contributed by atoms with E-state index in [-0.39, 0.29) is 69.9 Å². The van der Waals surface area contributed by atoms with Gasteiger partial charge in [0.1, 0.15) is 11.6 Å². The van der Waals surface area contributed by atoms with Crippen LogP contribution in [-0.2, 0) is 52.8 Å². The zero-order chi connectivity index (χ0) is 25.3. The molecule has 0 saturated carbocycles. The second-order valence-electron chi connectivity index (χ2n) is 9.61. The molecule has 1 radical (unpaired) electrons. The average Bonchev–Trinajstić information content (AvgIpc) is 2.90. The van der Waals surface area contributed by atoms with Crippen LogP contribution in [0.5, 0.6) is 5.75 Å². The number of amides is 1. The van der Waals surface area contributed by atoms with Crippen LogP contribution in [0.4, 0.5) is 10.1 Å². The third-order valence-electron chi connectivity index (χ3n) is 7.06. The molecule has 38 heavy (non-hydrogen) atoms. The van der Waals surface area contributed by atoms with Crippen LogP contribution in [-0.4, -0.2) is 19.1 Å². The van der Waals surface area contributed by atoms with E-state index >= 15 is 0 Å². The molecule has 2 aliphatic heterocycles. The van der Waals surface area contributed by atoms with E-state index < -0.39 is 5.79 Å². The number of carbonyl (C=O) groups excluding carboxylic acids is 1. The van der Waals surface area contributed by atoms with E-state index in [1.165, 1.54) is 12.1 Å². The Hall–Kier alpha value is -1.34. The Kier molecular flexibility index (Phi) is 11.0. The molecule has 0 aliphatic carbocycles. The molecule has 0 bridgehead atoms. The Labute approximate surface area is 258 Å². The number of nitrogens with zero attached hydrogens (tertiary/aromatic N) is 1. The van der Waals surface area contributed by atoms with Gasteiger partial charge in [-0.05, 0) is 55.3 Å². The first kappa shape index (κ1) is 31.2. The summed E-state index contributed by atoms with van der Waals surface area (Å²) in [5, 5.41) is 0. The van der Waals surface area contributed by atoms with Crippen molar-refractivity contribution in [1.82, 2.24) is 0 Å². The predicted octanol–water partition coefficient (Wildman–Crippen LogP) is 6.39. The SMILES string of the molecule is Cc1ccc(N2C(=O)[C@H](CCC3(c4ccc(F)cc4)OC[C-](C)CO3)[C@H]2c2ccc(OP)cc2)cc1.S.[Y].